The number of nitrogens with zero attached hydrogens (tertiary/aromatic N) is 5. The lowest BCUT2D eigenvalue weighted by molar-refractivity contribution is -0.142. The van der Waals surface area contributed by atoms with Crippen LogP contribution in [0.2, 0.25) is 5.02 Å². The molecule has 1 atom stereocenters. The summed E-state index contributed by atoms with van der Waals surface area (Å²) in [6.45, 7) is -0.357. The van der Waals surface area contributed by atoms with E-state index in [9.17, 15) is 22.8 Å². The number of aromatic nitrogens is 3. The van der Waals surface area contributed by atoms with Crippen LogP contribution in [-0.2, 0) is 11.3 Å². The van der Waals surface area contributed by atoms with Crippen molar-refractivity contribution < 1.29 is 22.8 Å². The van der Waals surface area contributed by atoms with Crippen LogP contribution in [0.5, 0.6) is 0 Å². The minimum absolute atomic E-state index is 0.0184. The van der Waals surface area contributed by atoms with E-state index in [0.717, 1.165) is 36.7 Å². The van der Waals surface area contributed by atoms with Gasteiger partial charge in [0.25, 0.3) is 5.91 Å². The summed E-state index contributed by atoms with van der Waals surface area (Å²) in [7, 11) is 0. The maximum absolute atomic E-state index is 14.3. The normalized spacial score (nSPS) is 18.2. The van der Waals surface area contributed by atoms with E-state index >= 15 is 0 Å². The minimum atomic E-state index is -0.894. The molecule has 1 saturated heterocycles. The molecule has 1 N–H and O–H groups in total. The number of rotatable bonds is 5. The summed E-state index contributed by atoms with van der Waals surface area (Å²) in [6, 6.07) is 5.39. The first-order chi connectivity index (χ1) is 16.8. The summed E-state index contributed by atoms with van der Waals surface area (Å²) in [4.78, 5) is 29.0. The molecule has 1 aromatic heterocycles. The lowest BCUT2D eigenvalue weighted by Gasteiger charge is -2.39. The second-order valence-electron chi connectivity index (χ2n) is 8.61. The highest BCUT2D eigenvalue weighted by Crippen LogP contribution is 2.39. The first-order valence-electron chi connectivity index (χ1n) is 10.9. The number of hydrogen-bond donors (Lipinski definition) is 1. The van der Waals surface area contributed by atoms with Crippen molar-refractivity contribution in [3.05, 3.63) is 76.3 Å². The van der Waals surface area contributed by atoms with Gasteiger partial charge >= 0.3 is 6.03 Å². The SMILES string of the molecule is O=C(Nc1ccc(F)c(Cl)c1)N1CC(n2cc(C3CC3)nn2)C(=O)N(Cc2ccc(F)cc2F)C1. The number of carbonyl (C=O) groups is 2. The maximum atomic E-state index is 14.3. The fraction of sp³-hybridized carbons (Fsp3) is 0.304. The fourth-order valence-corrected chi connectivity index (χ4v) is 4.12. The molecule has 0 bridgehead atoms. The Morgan fingerprint density at radius 3 is 2.63 bits per heavy atom. The molecule has 3 amide bonds. The molecule has 2 heterocycles. The Morgan fingerprint density at radius 2 is 1.91 bits per heavy atom. The molecule has 0 radical (unpaired) electrons. The third kappa shape index (κ3) is 4.95. The fourth-order valence-electron chi connectivity index (χ4n) is 3.94. The van der Waals surface area contributed by atoms with Crippen molar-refractivity contribution >= 4 is 29.2 Å². The lowest BCUT2D eigenvalue weighted by Crippen LogP contribution is -2.56. The zero-order chi connectivity index (χ0) is 24.7. The summed E-state index contributed by atoms with van der Waals surface area (Å²) in [6.07, 6.45) is 3.70. The van der Waals surface area contributed by atoms with Crippen molar-refractivity contribution in [2.75, 3.05) is 18.5 Å². The van der Waals surface area contributed by atoms with E-state index in [1.165, 1.54) is 32.7 Å². The van der Waals surface area contributed by atoms with E-state index in [2.05, 4.69) is 15.6 Å². The lowest BCUT2D eigenvalue weighted by atomic mass is 10.1. The Balaban J connectivity index is 1.41. The second-order valence-corrected chi connectivity index (χ2v) is 9.02. The predicted octanol–water partition coefficient (Wildman–Crippen LogP) is 4.30. The molecule has 1 aliphatic carbocycles. The summed E-state index contributed by atoms with van der Waals surface area (Å²) < 4.78 is 42.6. The monoisotopic (exact) mass is 504 g/mol. The molecule has 3 aromatic rings. The van der Waals surface area contributed by atoms with Gasteiger partial charge in [-0.3, -0.25) is 4.79 Å². The van der Waals surface area contributed by atoms with Crippen molar-refractivity contribution in [3.8, 4) is 0 Å². The standard InChI is InChI=1S/C23H20ClF3N6O2/c24-17-8-16(5-6-18(17)26)28-23(35)32-11-21(33-10-20(29-30-33)13-1-2-13)22(34)31(12-32)9-14-3-4-15(25)7-19(14)27/h3-8,10,13,21H,1-2,9,11-12H2,(H,28,35). The molecule has 0 spiro atoms. The highest BCUT2D eigenvalue weighted by molar-refractivity contribution is 6.31. The molecule has 12 heteroatoms. The number of amides is 3. The molecule has 182 valence electrons. The molecular weight excluding hydrogens is 485 g/mol. The van der Waals surface area contributed by atoms with E-state index in [1.807, 2.05) is 0 Å². The maximum Gasteiger partial charge on any atom is 0.323 e. The van der Waals surface area contributed by atoms with Crippen LogP contribution in [0.25, 0.3) is 0 Å². The van der Waals surface area contributed by atoms with Gasteiger partial charge in [0.1, 0.15) is 23.5 Å². The van der Waals surface area contributed by atoms with Crippen molar-refractivity contribution in [2.45, 2.75) is 31.3 Å². The number of anilines is 1. The predicted molar refractivity (Wildman–Crippen MR) is 120 cm³/mol. The first-order valence-corrected chi connectivity index (χ1v) is 11.3. The first kappa shape index (κ1) is 23.2. The van der Waals surface area contributed by atoms with Crippen molar-refractivity contribution in [1.82, 2.24) is 24.8 Å². The number of urea groups is 1. The Labute approximate surface area is 203 Å². The summed E-state index contributed by atoms with van der Waals surface area (Å²) in [5.74, 6) is -2.22. The summed E-state index contributed by atoms with van der Waals surface area (Å²) in [5, 5.41) is 10.7. The molecular formula is C23H20ClF3N6O2. The highest BCUT2D eigenvalue weighted by atomic mass is 35.5. The van der Waals surface area contributed by atoms with Crippen molar-refractivity contribution in [2.24, 2.45) is 0 Å². The largest absolute Gasteiger partial charge is 0.323 e. The summed E-state index contributed by atoms with van der Waals surface area (Å²) in [5.41, 5.74) is 1.14. The van der Waals surface area contributed by atoms with Crippen LogP contribution in [0.15, 0.2) is 42.6 Å². The van der Waals surface area contributed by atoms with Gasteiger partial charge in [0.15, 0.2) is 0 Å². The van der Waals surface area contributed by atoms with Crippen LogP contribution in [0.4, 0.5) is 23.7 Å². The molecule has 5 rings (SSSR count). The molecule has 2 aromatic carbocycles. The van der Waals surface area contributed by atoms with Gasteiger partial charge in [-0.1, -0.05) is 22.9 Å². The van der Waals surface area contributed by atoms with Crippen LogP contribution in [-0.4, -0.2) is 49.9 Å². The highest BCUT2D eigenvalue weighted by Gasteiger charge is 2.38. The number of hydrogen-bond acceptors (Lipinski definition) is 4. The minimum Gasteiger partial charge on any atom is -0.318 e. The van der Waals surface area contributed by atoms with E-state index in [0.29, 0.717) is 5.92 Å². The molecule has 8 nitrogen and oxygen atoms in total. The van der Waals surface area contributed by atoms with Crippen molar-refractivity contribution in [1.29, 1.82) is 0 Å². The van der Waals surface area contributed by atoms with E-state index in [4.69, 9.17) is 11.6 Å². The molecule has 2 fully saturated rings. The van der Waals surface area contributed by atoms with Gasteiger partial charge in [-0.05, 0) is 37.1 Å². The summed E-state index contributed by atoms with van der Waals surface area (Å²) >= 11 is 5.80. The molecule has 1 saturated carbocycles. The van der Waals surface area contributed by atoms with Crippen LogP contribution in [0.3, 0.4) is 0 Å². The average molecular weight is 505 g/mol. The van der Waals surface area contributed by atoms with Crippen LogP contribution in [0, 0.1) is 17.5 Å². The van der Waals surface area contributed by atoms with Gasteiger partial charge in [-0.25, -0.2) is 22.6 Å². The number of carbonyl (C=O) groups excluding carboxylic acids is 2. The van der Waals surface area contributed by atoms with Gasteiger partial charge in [-0.2, -0.15) is 0 Å². The van der Waals surface area contributed by atoms with Crippen LogP contribution < -0.4 is 5.32 Å². The number of halogens is 4. The third-order valence-corrected chi connectivity index (χ3v) is 6.30. The van der Waals surface area contributed by atoms with E-state index in [1.54, 1.807) is 6.20 Å². The molecule has 2 aliphatic rings. The van der Waals surface area contributed by atoms with Crippen LogP contribution >= 0.6 is 11.6 Å². The average Bonchev–Trinajstić information content (AvgIpc) is 3.56. The Bertz CT molecular complexity index is 1300. The molecule has 1 aliphatic heterocycles. The van der Waals surface area contributed by atoms with Gasteiger partial charge in [0.2, 0.25) is 0 Å². The van der Waals surface area contributed by atoms with Gasteiger partial charge in [-0.15, -0.1) is 5.10 Å². The Kier molecular flexibility index (Phi) is 6.10. The van der Waals surface area contributed by atoms with Gasteiger partial charge in [0, 0.05) is 29.4 Å². The smallest absolute Gasteiger partial charge is 0.318 e. The van der Waals surface area contributed by atoms with E-state index in [-0.39, 0.29) is 41.9 Å². The van der Waals surface area contributed by atoms with Gasteiger partial charge in [0.05, 0.1) is 30.5 Å². The Hall–Kier alpha value is -3.60. The Morgan fingerprint density at radius 1 is 1.11 bits per heavy atom. The zero-order valence-corrected chi connectivity index (χ0v) is 19.1. The second kappa shape index (κ2) is 9.21. The zero-order valence-electron chi connectivity index (χ0n) is 18.3. The quantitative estimate of drug-likeness (QED) is 0.561. The number of benzene rings is 2. The van der Waals surface area contributed by atoms with E-state index < -0.39 is 29.5 Å². The third-order valence-electron chi connectivity index (χ3n) is 6.01. The number of nitrogens with one attached hydrogen (secondary N) is 1. The topological polar surface area (TPSA) is 83.4 Å². The molecule has 1 unspecified atom stereocenters. The molecule has 35 heavy (non-hydrogen) atoms. The van der Waals surface area contributed by atoms with Crippen molar-refractivity contribution in [3.63, 3.8) is 0 Å². The van der Waals surface area contributed by atoms with Gasteiger partial charge < -0.3 is 15.1 Å². The van der Waals surface area contributed by atoms with Crippen LogP contribution in [0.1, 0.15) is 36.1 Å².